The number of piperidine rings is 1. The van der Waals surface area contributed by atoms with Gasteiger partial charge in [0.2, 0.25) is 10.0 Å². The summed E-state index contributed by atoms with van der Waals surface area (Å²) in [6, 6.07) is 1.77. The highest BCUT2D eigenvalue weighted by molar-refractivity contribution is 7.89. The highest BCUT2D eigenvalue weighted by atomic mass is 32.2. The van der Waals surface area contributed by atoms with Crippen LogP contribution in [0.2, 0.25) is 0 Å². The summed E-state index contributed by atoms with van der Waals surface area (Å²) in [7, 11) is -3.30. The maximum absolute atomic E-state index is 13.7. The van der Waals surface area contributed by atoms with Gasteiger partial charge in [-0.05, 0) is 31.4 Å². The summed E-state index contributed by atoms with van der Waals surface area (Å²) in [5.74, 6) is -3.08. The number of esters is 1. The molecule has 1 aliphatic rings. The van der Waals surface area contributed by atoms with Crippen LogP contribution in [0.5, 0.6) is 0 Å². The van der Waals surface area contributed by atoms with Crippen LogP contribution in [0.1, 0.15) is 19.3 Å². The van der Waals surface area contributed by atoms with Gasteiger partial charge >= 0.3 is 5.97 Å². The van der Waals surface area contributed by atoms with Crippen LogP contribution < -0.4 is 0 Å². The summed E-state index contributed by atoms with van der Waals surface area (Å²) in [5, 5.41) is 0. The van der Waals surface area contributed by atoms with Gasteiger partial charge in [0.1, 0.15) is 17.7 Å². The number of methoxy groups -OCH3 is 1. The molecule has 1 atom stereocenters. The van der Waals surface area contributed by atoms with Crippen molar-refractivity contribution in [1.82, 2.24) is 4.31 Å². The average molecular weight is 319 g/mol. The Morgan fingerprint density at radius 2 is 1.90 bits per heavy atom. The van der Waals surface area contributed by atoms with E-state index in [1.807, 2.05) is 0 Å². The summed E-state index contributed by atoms with van der Waals surface area (Å²) in [5.41, 5.74) is 0. The van der Waals surface area contributed by atoms with Crippen LogP contribution in [-0.2, 0) is 19.6 Å². The van der Waals surface area contributed by atoms with E-state index in [-0.39, 0.29) is 13.0 Å². The first kappa shape index (κ1) is 15.8. The quantitative estimate of drug-likeness (QED) is 0.795. The summed E-state index contributed by atoms with van der Waals surface area (Å²) < 4.78 is 57.9. The fourth-order valence-electron chi connectivity index (χ4n) is 2.41. The summed E-state index contributed by atoms with van der Waals surface area (Å²) in [4.78, 5) is 10.7. The van der Waals surface area contributed by atoms with Crippen molar-refractivity contribution in [1.29, 1.82) is 0 Å². The molecule has 1 aromatic carbocycles. The van der Waals surface area contributed by atoms with Crippen LogP contribution in [0.3, 0.4) is 0 Å². The molecule has 116 valence electrons. The Morgan fingerprint density at radius 1 is 1.29 bits per heavy atom. The van der Waals surface area contributed by atoms with Crippen molar-refractivity contribution in [3.05, 3.63) is 29.8 Å². The van der Waals surface area contributed by atoms with Crippen molar-refractivity contribution in [3.63, 3.8) is 0 Å². The Bertz CT molecular complexity index is 627. The van der Waals surface area contributed by atoms with Gasteiger partial charge < -0.3 is 4.74 Å². The topological polar surface area (TPSA) is 63.7 Å². The maximum atomic E-state index is 13.7. The minimum Gasteiger partial charge on any atom is -0.468 e. The molecular formula is C13H15F2NO4S. The van der Waals surface area contributed by atoms with E-state index in [9.17, 15) is 22.0 Å². The SMILES string of the molecule is COC(=O)[C@H]1CCCCN1S(=O)(=O)c1c(F)cccc1F. The average Bonchev–Trinajstić information content (AvgIpc) is 2.46. The van der Waals surface area contributed by atoms with Crippen molar-refractivity contribution in [2.75, 3.05) is 13.7 Å². The van der Waals surface area contributed by atoms with Gasteiger partial charge in [-0.15, -0.1) is 0 Å². The highest BCUT2D eigenvalue weighted by Crippen LogP contribution is 2.28. The minimum absolute atomic E-state index is 0.0237. The molecule has 0 N–H and O–H groups in total. The largest absolute Gasteiger partial charge is 0.468 e. The third-order valence-corrected chi connectivity index (χ3v) is 5.37. The highest BCUT2D eigenvalue weighted by Gasteiger charge is 2.40. The Labute approximate surface area is 121 Å². The van der Waals surface area contributed by atoms with Crippen molar-refractivity contribution >= 4 is 16.0 Å². The molecule has 1 heterocycles. The van der Waals surface area contributed by atoms with Gasteiger partial charge in [0.25, 0.3) is 0 Å². The van der Waals surface area contributed by atoms with Gasteiger partial charge in [0, 0.05) is 6.54 Å². The lowest BCUT2D eigenvalue weighted by Crippen LogP contribution is -2.48. The van der Waals surface area contributed by atoms with Crippen molar-refractivity contribution in [3.8, 4) is 0 Å². The van der Waals surface area contributed by atoms with Crippen LogP contribution >= 0.6 is 0 Å². The van der Waals surface area contributed by atoms with Gasteiger partial charge in [-0.1, -0.05) is 6.07 Å². The number of carbonyl (C=O) groups excluding carboxylic acids is 1. The zero-order chi connectivity index (χ0) is 15.6. The second-order valence-corrected chi connectivity index (χ2v) is 6.53. The lowest BCUT2D eigenvalue weighted by Gasteiger charge is -2.32. The predicted octanol–water partition coefficient (Wildman–Crippen LogP) is 1.68. The number of rotatable bonds is 3. The van der Waals surface area contributed by atoms with E-state index in [2.05, 4.69) is 4.74 Å². The van der Waals surface area contributed by atoms with E-state index in [1.165, 1.54) is 0 Å². The number of sulfonamides is 1. The third kappa shape index (κ3) is 2.91. The first-order valence-corrected chi connectivity index (χ1v) is 7.87. The standard InChI is InChI=1S/C13H15F2NO4S/c1-20-13(17)11-7-2-3-8-16(11)21(18,19)12-9(14)5-4-6-10(12)15/h4-6,11H,2-3,7-8H2,1H3/t11-/m1/s1. The predicted molar refractivity (Wildman–Crippen MR) is 69.9 cm³/mol. The fraction of sp³-hybridized carbons (Fsp3) is 0.462. The molecule has 0 aliphatic carbocycles. The normalized spacial score (nSPS) is 20.2. The molecule has 21 heavy (non-hydrogen) atoms. The van der Waals surface area contributed by atoms with E-state index in [1.54, 1.807) is 0 Å². The number of nitrogens with zero attached hydrogens (tertiary/aromatic N) is 1. The second-order valence-electron chi connectivity index (χ2n) is 4.70. The number of benzene rings is 1. The summed E-state index contributed by atoms with van der Waals surface area (Å²) >= 11 is 0. The van der Waals surface area contributed by atoms with E-state index in [0.29, 0.717) is 12.8 Å². The van der Waals surface area contributed by atoms with E-state index < -0.39 is 38.6 Å². The van der Waals surface area contributed by atoms with Crippen LogP contribution in [0.25, 0.3) is 0 Å². The van der Waals surface area contributed by atoms with Crippen molar-refractivity contribution < 1.29 is 26.7 Å². The van der Waals surface area contributed by atoms with E-state index >= 15 is 0 Å². The van der Waals surface area contributed by atoms with Crippen LogP contribution in [-0.4, -0.2) is 38.4 Å². The van der Waals surface area contributed by atoms with E-state index in [4.69, 9.17) is 0 Å². The number of hydrogen-bond donors (Lipinski definition) is 0. The Kier molecular flexibility index (Phi) is 4.58. The van der Waals surface area contributed by atoms with Crippen molar-refractivity contribution in [2.24, 2.45) is 0 Å². The molecule has 0 unspecified atom stereocenters. The first-order chi connectivity index (χ1) is 9.89. The lowest BCUT2D eigenvalue weighted by atomic mass is 10.1. The van der Waals surface area contributed by atoms with Crippen LogP contribution in [0.4, 0.5) is 8.78 Å². The third-order valence-electron chi connectivity index (χ3n) is 3.41. The molecule has 0 radical (unpaired) electrons. The number of halogens is 2. The van der Waals surface area contributed by atoms with Gasteiger partial charge in [0.05, 0.1) is 7.11 Å². The fourth-order valence-corrected chi connectivity index (χ4v) is 4.17. The molecule has 0 bridgehead atoms. The second kappa shape index (κ2) is 6.07. The molecule has 0 aromatic heterocycles. The van der Waals surface area contributed by atoms with Gasteiger partial charge in [0.15, 0.2) is 4.90 Å². The molecule has 0 saturated carbocycles. The molecule has 0 amide bonds. The first-order valence-electron chi connectivity index (χ1n) is 6.43. The molecule has 0 spiro atoms. The number of carbonyl (C=O) groups is 1. The van der Waals surface area contributed by atoms with Gasteiger partial charge in [-0.25, -0.2) is 17.2 Å². The monoisotopic (exact) mass is 319 g/mol. The zero-order valence-corrected chi connectivity index (χ0v) is 12.2. The smallest absolute Gasteiger partial charge is 0.324 e. The zero-order valence-electron chi connectivity index (χ0n) is 11.4. The molecule has 1 saturated heterocycles. The molecule has 1 aromatic rings. The lowest BCUT2D eigenvalue weighted by molar-refractivity contribution is -0.146. The van der Waals surface area contributed by atoms with Gasteiger partial charge in [-0.2, -0.15) is 4.31 Å². The molecule has 2 rings (SSSR count). The molecule has 1 aliphatic heterocycles. The summed E-state index contributed by atoms with van der Waals surface area (Å²) in [6.45, 7) is 0.0237. The maximum Gasteiger partial charge on any atom is 0.324 e. The number of hydrogen-bond acceptors (Lipinski definition) is 4. The Hall–Kier alpha value is -1.54. The number of ether oxygens (including phenoxy) is 1. The minimum atomic E-state index is -4.45. The molecule has 1 fully saturated rings. The van der Waals surface area contributed by atoms with Gasteiger partial charge in [-0.3, -0.25) is 4.79 Å². The summed E-state index contributed by atoms with van der Waals surface area (Å²) in [6.07, 6.45) is 1.43. The Morgan fingerprint density at radius 3 is 2.48 bits per heavy atom. The van der Waals surface area contributed by atoms with Crippen LogP contribution in [0, 0.1) is 11.6 Å². The molecule has 8 heteroatoms. The van der Waals surface area contributed by atoms with Crippen LogP contribution in [0.15, 0.2) is 23.1 Å². The molecule has 5 nitrogen and oxygen atoms in total. The van der Waals surface area contributed by atoms with E-state index in [0.717, 1.165) is 29.6 Å². The Balaban J connectivity index is 2.48. The van der Waals surface area contributed by atoms with Crippen molar-refractivity contribution in [2.45, 2.75) is 30.2 Å². The molecular weight excluding hydrogens is 304 g/mol.